The Morgan fingerprint density at radius 2 is 1.92 bits per heavy atom. The molecule has 5 nitrogen and oxygen atoms in total. The van der Waals surface area contributed by atoms with Gasteiger partial charge in [-0.1, -0.05) is 12.8 Å². The molecule has 3 N–H and O–H groups in total. The van der Waals surface area contributed by atoms with Gasteiger partial charge >= 0.3 is 5.97 Å². The highest BCUT2D eigenvalue weighted by Gasteiger charge is 2.27. The fourth-order valence-electron chi connectivity index (χ4n) is 3.94. The van der Waals surface area contributed by atoms with Crippen molar-refractivity contribution >= 4 is 11.7 Å². The molecule has 1 aliphatic carbocycles. The summed E-state index contributed by atoms with van der Waals surface area (Å²) in [6.45, 7) is 2.06. The van der Waals surface area contributed by atoms with Crippen molar-refractivity contribution in [2.75, 3.05) is 25.1 Å². The number of carbonyl (C=O) groups is 1. The summed E-state index contributed by atoms with van der Waals surface area (Å²) in [5, 5.41) is 3.81. The Labute approximate surface area is 144 Å². The molecule has 132 valence electrons. The predicted octanol–water partition coefficient (Wildman–Crippen LogP) is 2.30. The van der Waals surface area contributed by atoms with Crippen LogP contribution in [0.1, 0.15) is 48.9 Å². The van der Waals surface area contributed by atoms with E-state index in [2.05, 4.69) is 10.2 Å². The van der Waals surface area contributed by atoms with Crippen LogP contribution in [0.25, 0.3) is 0 Å². The molecule has 0 amide bonds. The van der Waals surface area contributed by atoms with Crippen molar-refractivity contribution in [3.05, 3.63) is 29.8 Å². The van der Waals surface area contributed by atoms with Gasteiger partial charge in [0.2, 0.25) is 0 Å². The summed E-state index contributed by atoms with van der Waals surface area (Å²) < 4.78 is 4.76. The van der Waals surface area contributed by atoms with Gasteiger partial charge < -0.3 is 20.7 Å². The standard InChI is InChI=1S/C19H29N3O2/c1-24-19(23)14-8-10-16(11-9-14)22-12-4-5-15(13-22)21-18-7-3-2-6-17(18)20/h8-11,15,17-18,21H,2-7,12-13,20H2,1H3/t15?,17-,18-/m1/s1. The van der Waals surface area contributed by atoms with Crippen LogP contribution in [-0.4, -0.2) is 44.3 Å². The third kappa shape index (κ3) is 4.08. The highest BCUT2D eigenvalue weighted by atomic mass is 16.5. The lowest BCUT2D eigenvalue weighted by molar-refractivity contribution is 0.0601. The van der Waals surface area contributed by atoms with Crippen LogP contribution in [0.4, 0.5) is 5.69 Å². The lowest BCUT2D eigenvalue weighted by atomic mass is 9.89. The number of ether oxygens (including phenoxy) is 1. The Balaban J connectivity index is 1.59. The van der Waals surface area contributed by atoms with Crippen molar-refractivity contribution in [2.24, 2.45) is 5.73 Å². The number of esters is 1. The maximum Gasteiger partial charge on any atom is 0.337 e. The van der Waals surface area contributed by atoms with Crippen molar-refractivity contribution in [2.45, 2.75) is 56.7 Å². The monoisotopic (exact) mass is 331 g/mol. The molecule has 5 heteroatoms. The lowest BCUT2D eigenvalue weighted by Crippen LogP contribution is -2.55. The molecule has 0 radical (unpaired) electrons. The average molecular weight is 331 g/mol. The topological polar surface area (TPSA) is 67.6 Å². The van der Waals surface area contributed by atoms with Crippen LogP contribution < -0.4 is 16.0 Å². The van der Waals surface area contributed by atoms with E-state index in [0.717, 1.165) is 19.5 Å². The van der Waals surface area contributed by atoms with Gasteiger partial charge in [-0.05, 0) is 49.9 Å². The largest absolute Gasteiger partial charge is 0.465 e. The molecule has 1 aliphatic heterocycles. The van der Waals surface area contributed by atoms with Crippen molar-refractivity contribution in [3.8, 4) is 0 Å². The predicted molar refractivity (Wildman–Crippen MR) is 96.4 cm³/mol. The zero-order valence-electron chi connectivity index (χ0n) is 14.5. The van der Waals surface area contributed by atoms with E-state index in [-0.39, 0.29) is 5.97 Å². The number of hydrogen-bond acceptors (Lipinski definition) is 5. The minimum Gasteiger partial charge on any atom is -0.465 e. The van der Waals surface area contributed by atoms with Crippen LogP contribution in [0, 0.1) is 0 Å². The molecular weight excluding hydrogens is 302 g/mol. The molecule has 24 heavy (non-hydrogen) atoms. The van der Waals surface area contributed by atoms with E-state index in [1.807, 2.05) is 24.3 Å². The highest BCUT2D eigenvalue weighted by Crippen LogP contribution is 2.23. The van der Waals surface area contributed by atoms with Crippen molar-refractivity contribution in [1.82, 2.24) is 5.32 Å². The molecule has 0 bridgehead atoms. The summed E-state index contributed by atoms with van der Waals surface area (Å²) in [5.74, 6) is -0.286. The Kier molecular flexibility index (Phi) is 5.74. The first-order valence-corrected chi connectivity index (χ1v) is 9.12. The molecule has 2 fully saturated rings. The Hall–Kier alpha value is -1.59. The molecule has 3 atom stereocenters. The molecule has 1 heterocycles. The molecule has 3 rings (SSSR count). The third-order valence-corrected chi connectivity index (χ3v) is 5.34. The number of piperidine rings is 1. The third-order valence-electron chi connectivity index (χ3n) is 5.34. The fraction of sp³-hybridized carbons (Fsp3) is 0.632. The number of methoxy groups -OCH3 is 1. The highest BCUT2D eigenvalue weighted by molar-refractivity contribution is 5.89. The minimum absolute atomic E-state index is 0.286. The summed E-state index contributed by atoms with van der Waals surface area (Å²) in [6, 6.07) is 8.97. The van der Waals surface area contributed by atoms with E-state index in [1.165, 1.54) is 44.9 Å². The van der Waals surface area contributed by atoms with E-state index < -0.39 is 0 Å². The summed E-state index contributed by atoms with van der Waals surface area (Å²) in [7, 11) is 1.41. The normalized spacial score (nSPS) is 27.8. The fourth-order valence-corrected chi connectivity index (χ4v) is 3.94. The number of nitrogens with one attached hydrogen (secondary N) is 1. The first-order valence-electron chi connectivity index (χ1n) is 9.12. The maximum absolute atomic E-state index is 11.5. The number of anilines is 1. The number of rotatable bonds is 4. The molecular formula is C19H29N3O2. The van der Waals surface area contributed by atoms with E-state index in [9.17, 15) is 4.79 Å². The van der Waals surface area contributed by atoms with Crippen LogP contribution in [0.2, 0.25) is 0 Å². The van der Waals surface area contributed by atoms with Crippen molar-refractivity contribution < 1.29 is 9.53 Å². The van der Waals surface area contributed by atoms with Gasteiger partial charge in [-0.15, -0.1) is 0 Å². The second-order valence-electron chi connectivity index (χ2n) is 7.05. The summed E-state index contributed by atoms with van der Waals surface area (Å²) >= 11 is 0. The van der Waals surface area contributed by atoms with E-state index in [4.69, 9.17) is 10.5 Å². The Morgan fingerprint density at radius 1 is 1.17 bits per heavy atom. The average Bonchev–Trinajstić information content (AvgIpc) is 2.63. The van der Waals surface area contributed by atoms with Gasteiger partial charge in [0.1, 0.15) is 0 Å². The number of benzene rings is 1. The van der Waals surface area contributed by atoms with E-state index in [1.54, 1.807) is 0 Å². The van der Waals surface area contributed by atoms with Crippen molar-refractivity contribution in [1.29, 1.82) is 0 Å². The maximum atomic E-state index is 11.5. The summed E-state index contributed by atoms with van der Waals surface area (Å²) in [6.07, 6.45) is 7.28. The van der Waals surface area contributed by atoms with Crippen LogP contribution in [0.3, 0.4) is 0 Å². The smallest absolute Gasteiger partial charge is 0.337 e. The molecule has 1 saturated heterocycles. The molecule has 1 aromatic rings. The lowest BCUT2D eigenvalue weighted by Gasteiger charge is -2.39. The van der Waals surface area contributed by atoms with E-state index >= 15 is 0 Å². The van der Waals surface area contributed by atoms with Gasteiger partial charge in [0.25, 0.3) is 0 Å². The van der Waals surface area contributed by atoms with Crippen LogP contribution in [0.15, 0.2) is 24.3 Å². The number of hydrogen-bond donors (Lipinski definition) is 2. The number of carbonyl (C=O) groups excluding carboxylic acids is 1. The Bertz CT molecular complexity index is 546. The second kappa shape index (κ2) is 7.99. The Morgan fingerprint density at radius 3 is 2.62 bits per heavy atom. The van der Waals surface area contributed by atoms with Crippen LogP contribution in [0.5, 0.6) is 0 Å². The van der Waals surface area contributed by atoms with Crippen LogP contribution >= 0.6 is 0 Å². The zero-order valence-corrected chi connectivity index (χ0v) is 14.5. The molecule has 0 aromatic heterocycles. The molecule has 1 unspecified atom stereocenters. The molecule has 1 aromatic carbocycles. The van der Waals surface area contributed by atoms with E-state index in [0.29, 0.717) is 23.7 Å². The number of nitrogens with two attached hydrogens (primary N) is 1. The molecule has 0 spiro atoms. The molecule has 2 aliphatic rings. The summed E-state index contributed by atoms with van der Waals surface area (Å²) in [4.78, 5) is 13.9. The van der Waals surface area contributed by atoms with Crippen LogP contribution in [-0.2, 0) is 4.74 Å². The van der Waals surface area contributed by atoms with Gasteiger partial charge in [-0.3, -0.25) is 0 Å². The molecule has 1 saturated carbocycles. The minimum atomic E-state index is -0.286. The first-order chi connectivity index (χ1) is 11.7. The van der Waals surface area contributed by atoms with Gasteiger partial charge in [0, 0.05) is 36.9 Å². The summed E-state index contributed by atoms with van der Waals surface area (Å²) in [5.41, 5.74) is 8.05. The quantitative estimate of drug-likeness (QED) is 0.829. The van der Waals surface area contributed by atoms with Gasteiger partial charge in [0.05, 0.1) is 12.7 Å². The van der Waals surface area contributed by atoms with Crippen molar-refractivity contribution in [3.63, 3.8) is 0 Å². The van der Waals surface area contributed by atoms with Gasteiger partial charge in [-0.2, -0.15) is 0 Å². The SMILES string of the molecule is COC(=O)c1ccc(N2CCCC(N[C@@H]3CCCC[C@H]3N)C2)cc1. The van der Waals surface area contributed by atoms with Gasteiger partial charge in [-0.25, -0.2) is 4.79 Å². The first kappa shape index (κ1) is 17.2. The number of nitrogens with zero attached hydrogens (tertiary/aromatic N) is 1. The zero-order chi connectivity index (χ0) is 16.9. The second-order valence-corrected chi connectivity index (χ2v) is 7.05. The van der Waals surface area contributed by atoms with Gasteiger partial charge in [0.15, 0.2) is 0 Å².